The van der Waals surface area contributed by atoms with Crippen LogP contribution in [-0.2, 0) is 9.53 Å². The van der Waals surface area contributed by atoms with Gasteiger partial charge in [-0.3, -0.25) is 14.5 Å². The molecule has 6 nitrogen and oxygen atoms in total. The monoisotopic (exact) mass is 359 g/mol. The van der Waals surface area contributed by atoms with Crippen LogP contribution in [-0.4, -0.2) is 85.5 Å². The summed E-state index contributed by atoms with van der Waals surface area (Å²) >= 11 is 0. The lowest BCUT2D eigenvalue weighted by Crippen LogP contribution is -2.53. The van der Waals surface area contributed by atoms with Crippen molar-refractivity contribution in [2.24, 2.45) is 0 Å². The molecule has 2 aliphatic heterocycles. The third-order valence-electron chi connectivity index (χ3n) is 5.35. The Labute approximate surface area is 155 Å². The van der Waals surface area contributed by atoms with Crippen molar-refractivity contribution in [3.8, 4) is 0 Å². The first-order valence-corrected chi connectivity index (χ1v) is 9.39. The Bertz CT molecular complexity index is 648. The van der Waals surface area contributed by atoms with Crippen LogP contribution >= 0.6 is 0 Å². The van der Waals surface area contributed by atoms with Crippen LogP contribution in [0.2, 0.25) is 0 Å². The molecular weight excluding hydrogens is 330 g/mol. The van der Waals surface area contributed by atoms with E-state index in [9.17, 15) is 9.59 Å². The number of hydrogen-bond donors (Lipinski definition) is 0. The number of methoxy groups -OCH3 is 1. The predicted molar refractivity (Wildman–Crippen MR) is 100 cm³/mol. The average molecular weight is 359 g/mol. The minimum absolute atomic E-state index is 0.0367. The average Bonchev–Trinajstić information content (AvgIpc) is 2.99. The lowest BCUT2D eigenvalue weighted by Gasteiger charge is -2.37. The van der Waals surface area contributed by atoms with Crippen LogP contribution in [0.4, 0.5) is 0 Å². The van der Waals surface area contributed by atoms with E-state index in [1.54, 1.807) is 7.11 Å². The van der Waals surface area contributed by atoms with E-state index >= 15 is 0 Å². The Balaban J connectivity index is 1.56. The Morgan fingerprint density at radius 2 is 1.73 bits per heavy atom. The maximum absolute atomic E-state index is 12.8. The highest BCUT2D eigenvalue weighted by molar-refractivity contribution is 5.94. The predicted octanol–water partition coefficient (Wildman–Crippen LogP) is 1.31. The molecule has 26 heavy (non-hydrogen) atoms. The highest BCUT2D eigenvalue weighted by Gasteiger charge is 2.37. The molecule has 0 bridgehead atoms. The van der Waals surface area contributed by atoms with Crippen LogP contribution in [0.3, 0.4) is 0 Å². The Hall–Kier alpha value is -1.92. The first-order valence-electron chi connectivity index (χ1n) is 9.39. The van der Waals surface area contributed by atoms with Crippen molar-refractivity contribution in [1.82, 2.24) is 14.7 Å². The summed E-state index contributed by atoms with van der Waals surface area (Å²) < 4.78 is 5.08. The van der Waals surface area contributed by atoms with Crippen molar-refractivity contribution < 1.29 is 14.3 Å². The topological polar surface area (TPSA) is 53.1 Å². The van der Waals surface area contributed by atoms with Gasteiger partial charge in [-0.1, -0.05) is 17.2 Å². The van der Waals surface area contributed by atoms with Crippen molar-refractivity contribution in [3.63, 3.8) is 0 Å². The highest BCUT2D eigenvalue weighted by Crippen LogP contribution is 2.20. The molecule has 0 aromatic heterocycles. The zero-order valence-electron chi connectivity index (χ0n) is 16.0. The van der Waals surface area contributed by atoms with Crippen molar-refractivity contribution in [1.29, 1.82) is 0 Å². The van der Waals surface area contributed by atoms with Gasteiger partial charge in [-0.15, -0.1) is 0 Å². The lowest BCUT2D eigenvalue weighted by molar-refractivity contribution is -0.133. The second-order valence-corrected chi connectivity index (χ2v) is 7.33. The van der Waals surface area contributed by atoms with E-state index in [-0.39, 0.29) is 17.9 Å². The van der Waals surface area contributed by atoms with E-state index in [2.05, 4.69) is 11.0 Å². The Morgan fingerprint density at radius 3 is 2.35 bits per heavy atom. The molecule has 1 aromatic rings. The van der Waals surface area contributed by atoms with Crippen LogP contribution in [0.15, 0.2) is 18.2 Å². The van der Waals surface area contributed by atoms with Crippen LogP contribution in [0, 0.1) is 13.8 Å². The number of amides is 2. The van der Waals surface area contributed by atoms with Crippen LogP contribution < -0.4 is 0 Å². The first-order chi connectivity index (χ1) is 12.5. The summed E-state index contributed by atoms with van der Waals surface area (Å²) in [6.45, 7) is 8.94. The molecule has 142 valence electrons. The largest absolute Gasteiger partial charge is 0.383 e. The Kier molecular flexibility index (Phi) is 5.94. The van der Waals surface area contributed by atoms with Gasteiger partial charge in [0.1, 0.15) is 0 Å². The van der Waals surface area contributed by atoms with Gasteiger partial charge in [-0.25, -0.2) is 0 Å². The zero-order valence-corrected chi connectivity index (χ0v) is 16.0. The molecule has 1 unspecified atom stereocenters. The number of piperazine rings is 1. The van der Waals surface area contributed by atoms with Gasteiger partial charge < -0.3 is 14.5 Å². The fourth-order valence-corrected chi connectivity index (χ4v) is 4.00. The van der Waals surface area contributed by atoms with Gasteiger partial charge in [-0.2, -0.15) is 0 Å². The number of nitrogens with zero attached hydrogens (tertiary/aromatic N) is 3. The molecule has 1 aromatic carbocycles. The molecule has 3 rings (SSSR count). The number of benzene rings is 1. The van der Waals surface area contributed by atoms with Crippen molar-refractivity contribution in [2.45, 2.75) is 26.3 Å². The number of carbonyl (C=O) groups excluding carboxylic acids is 2. The van der Waals surface area contributed by atoms with Crippen LogP contribution in [0.25, 0.3) is 0 Å². The summed E-state index contributed by atoms with van der Waals surface area (Å²) in [6.07, 6.45) is 0.869. The van der Waals surface area contributed by atoms with E-state index < -0.39 is 0 Å². The first kappa shape index (κ1) is 18.9. The van der Waals surface area contributed by atoms with Gasteiger partial charge in [-0.05, 0) is 32.4 Å². The van der Waals surface area contributed by atoms with Gasteiger partial charge >= 0.3 is 0 Å². The van der Waals surface area contributed by atoms with Gasteiger partial charge in [0.05, 0.1) is 12.6 Å². The molecule has 0 aliphatic carbocycles. The van der Waals surface area contributed by atoms with E-state index in [0.29, 0.717) is 26.2 Å². The van der Waals surface area contributed by atoms with Gasteiger partial charge in [0.25, 0.3) is 5.91 Å². The second kappa shape index (κ2) is 8.18. The molecule has 0 spiro atoms. The number of aryl methyl sites for hydroxylation is 2. The van der Waals surface area contributed by atoms with E-state index in [1.165, 1.54) is 0 Å². The molecule has 2 fully saturated rings. The van der Waals surface area contributed by atoms with Gasteiger partial charge in [0, 0.05) is 51.9 Å². The molecule has 0 N–H and O–H groups in total. The molecular formula is C20H29N3O3. The maximum Gasteiger partial charge on any atom is 0.253 e. The molecule has 0 radical (unpaired) electrons. The minimum atomic E-state index is -0.0367. The number of carbonyl (C=O) groups is 2. The standard InChI is InChI=1S/C20H29N3O3/c1-15-12-16(2)14-17(13-15)19(24)23-8-6-21(7-9-23)18-4-5-22(20(18)25)10-11-26-3/h12-14,18H,4-11H2,1-3H3. The molecule has 2 saturated heterocycles. The fourth-order valence-electron chi connectivity index (χ4n) is 4.00. The summed E-state index contributed by atoms with van der Waals surface area (Å²) in [6, 6.07) is 5.95. The number of hydrogen-bond acceptors (Lipinski definition) is 4. The molecule has 2 heterocycles. The smallest absolute Gasteiger partial charge is 0.253 e. The molecule has 1 atom stereocenters. The van der Waals surface area contributed by atoms with Crippen LogP contribution in [0.1, 0.15) is 27.9 Å². The van der Waals surface area contributed by atoms with E-state index in [4.69, 9.17) is 4.74 Å². The molecule has 0 saturated carbocycles. The fraction of sp³-hybridized carbons (Fsp3) is 0.600. The van der Waals surface area contributed by atoms with Gasteiger partial charge in [0.15, 0.2) is 0 Å². The van der Waals surface area contributed by atoms with Crippen molar-refractivity contribution >= 4 is 11.8 Å². The maximum atomic E-state index is 12.8. The van der Waals surface area contributed by atoms with Gasteiger partial charge in [0.2, 0.25) is 5.91 Å². The molecule has 2 amide bonds. The summed E-state index contributed by atoms with van der Waals surface area (Å²) in [7, 11) is 1.66. The normalized spacial score (nSPS) is 21.5. The Morgan fingerprint density at radius 1 is 1.08 bits per heavy atom. The minimum Gasteiger partial charge on any atom is -0.383 e. The van der Waals surface area contributed by atoms with Crippen molar-refractivity contribution in [3.05, 3.63) is 34.9 Å². The lowest BCUT2D eigenvalue weighted by atomic mass is 10.1. The van der Waals surface area contributed by atoms with Crippen molar-refractivity contribution in [2.75, 3.05) is 53.0 Å². The van der Waals surface area contributed by atoms with E-state index in [0.717, 1.165) is 42.7 Å². The SMILES string of the molecule is COCCN1CCC(N2CCN(C(=O)c3cc(C)cc(C)c3)CC2)C1=O. The number of rotatable bonds is 5. The van der Waals surface area contributed by atoms with Crippen LogP contribution in [0.5, 0.6) is 0 Å². The molecule has 6 heteroatoms. The summed E-state index contributed by atoms with van der Waals surface area (Å²) in [5.41, 5.74) is 2.98. The second-order valence-electron chi connectivity index (χ2n) is 7.33. The third kappa shape index (κ3) is 4.07. The quantitative estimate of drug-likeness (QED) is 0.795. The third-order valence-corrected chi connectivity index (χ3v) is 5.35. The zero-order chi connectivity index (χ0) is 18.7. The summed E-state index contributed by atoms with van der Waals surface area (Å²) in [4.78, 5) is 31.4. The summed E-state index contributed by atoms with van der Waals surface area (Å²) in [5, 5.41) is 0. The number of ether oxygens (including phenoxy) is 1. The molecule has 2 aliphatic rings. The van der Waals surface area contributed by atoms with E-state index in [1.807, 2.05) is 35.8 Å². The summed E-state index contributed by atoms with van der Waals surface area (Å²) in [5.74, 6) is 0.298. The highest BCUT2D eigenvalue weighted by atomic mass is 16.5. The number of likely N-dealkylation sites (tertiary alicyclic amines) is 1.